The van der Waals surface area contributed by atoms with Crippen LogP contribution in [0.15, 0.2) is 42.0 Å². The summed E-state index contributed by atoms with van der Waals surface area (Å²) >= 11 is 1.55. The number of aromatic nitrogens is 2. The molecule has 1 amide bonds. The molecule has 0 radical (unpaired) electrons. The average Bonchev–Trinajstić information content (AvgIpc) is 3.16. The van der Waals surface area contributed by atoms with Gasteiger partial charge in [0.25, 0.3) is 0 Å². The molecule has 1 unspecified atom stereocenters. The molecule has 4 rings (SSSR count). The number of hydrogen-bond acceptors (Lipinski definition) is 3. The van der Waals surface area contributed by atoms with Crippen LogP contribution in [0.4, 0.5) is 4.39 Å². The number of halogens is 1. The van der Waals surface area contributed by atoms with Crippen LogP contribution in [-0.4, -0.2) is 15.3 Å². The highest BCUT2D eigenvalue weighted by Gasteiger charge is 2.33. The van der Waals surface area contributed by atoms with Gasteiger partial charge in [-0.1, -0.05) is 12.1 Å². The van der Waals surface area contributed by atoms with Gasteiger partial charge in [0.05, 0.1) is 18.2 Å². The van der Waals surface area contributed by atoms with Crippen LogP contribution in [0.25, 0.3) is 4.96 Å². The minimum atomic E-state index is -0.257. The molecule has 0 saturated heterocycles. The van der Waals surface area contributed by atoms with Crippen LogP contribution >= 0.6 is 11.3 Å². The van der Waals surface area contributed by atoms with Gasteiger partial charge in [-0.25, -0.2) is 9.37 Å². The van der Waals surface area contributed by atoms with Gasteiger partial charge >= 0.3 is 0 Å². The van der Waals surface area contributed by atoms with Crippen LogP contribution in [0, 0.1) is 11.7 Å². The summed E-state index contributed by atoms with van der Waals surface area (Å²) in [7, 11) is 0. The minimum absolute atomic E-state index is 0.0353. The highest BCUT2D eigenvalue weighted by molar-refractivity contribution is 7.15. The third kappa shape index (κ3) is 3.12. The van der Waals surface area contributed by atoms with Crippen molar-refractivity contribution in [2.45, 2.75) is 25.3 Å². The first kappa shape index (κ1) is 14.4. The molecular formula is C17H16FN3OS. The number of imidazole rings is 1. The standard InChI is InChI=1S/C17H16FN3OS/c18-13-5-3-12(4-6-13)16(11-1-2-11)20-15(22)9-14-10-21-7-8-23-17(21)19-14/h3-8,10-11,16H,1-2,9H2,(H,20,22). The number of thiazole rings is 1. The molecule has 2 aromatic heterocycles. The number of nitrogens with zero attached hydrogens (tertiary/aromatic N) is 2. The van der Waals surface area contributed by atoms with Gasteiger partial charge in [0.2, 0.25) is 5.91 Å². The summed E-state index contributed by atoms with van der Waals surface area (Å²) in [5.74, 6) is 0.152. The molecule has 1 aliphatic carbocycles. The molecule has 0 bridgehead atoms. The SMILES string of the molecule is O=C(Cc1cn2ccsc2n1)NC(c1ccc(F)cc1)C1CC1. The predicted molar refractivity (Wildman–Crippen MR) is 86.8 cm³/mol. The minimum Gasteiger partial charge on any atom is -0.349 e. The summed E-state index contributed by atoms with van der Waals surface area (Å²) in [6, 6.07) is 6.36. The second-order valence-electron chi connectivity index (χ2n) is 5.94. The summed E-state index contributed by atoms with van der Waals surface area (Å²) in [5.41, 5.74) is 1.73. The lowest BCUT2D eigenvalue weighted by molar-refractivity contribution is -0.121. The first-order chi connectivity index (χ1) is 11.2. The normalized spacial score (nSPS) is 15.7. The van der Waals surface area contributed by atoms with Crippen molar-refractivity contribution in [3.05, 3.63) is 59.1 Å². The number of carbonyl (C=O) groups excluding carboxylic acids is 1. The van der Waals surface area contributed by atoms with E-state index in [-0.39, 0.29) is 24.2 Å². The van der Waals surface area contributed by atoms with E-state index in [4.69, 9.17) is 0 Å². The van der Waals surface area contributed by atoms with Crippen LogP contribution in [0.1, 0.15) is 30.1 Å². The highest BCUT2D eigenvalue weighted by atomic mass is 32.1. The molecule has 4 nitrogen and oxygen atoms in total. The molecule has 1 saturated carbocycles. The fraction of sp³-hybridized carbons (Fsp3) is 0.294. The van der Waals surface area contributed by atoms with E-state index in [0.29, 0.717) is 5.92 Å². The number of carbonyl (C=O) groups is 1. The van der Waals surface area contributed by atoms with Gasteiger partial charge in [0.15, 0.2) is 4.96 Å². The fourth-order valence-electron chi connectivity index (χ4n) is 2.82. The zero-order valence-electron chi connectivity index (χ0n) is 12.4. The van der Waals surface area contributed by atoms with E-state index >= 15 is 0 Å². The van der Waals surface area contributed by atoms with Crippen molar-refractivity contribution in [3.63, 3.8) is 0 Å². The molecule has 1 aromatic carbocycles. The van der Waals surface area contributed by atoms with E-state index in [2.05, 4.69) is 10.3 Å². The fourth-order valence-corrected chi connectivity index (χ4v) is 3.54. The number of fused-ring (bicyclic) bond motifs is 1. The Balaban J connectivity index is 1.46. The van der Waals surface area contributed by atoms with Crippen molar-refractivity contribution in [1.29, 1.82) is 0 Å². The molecule has 1 fully saturated rings. The first-order valence-corrected chi connectivity index (χ1v) is 8.53. The number of rotatable bonds is 5. The Morgan fingerprint density at radius 3 is 2.87 bits per heavy atom. The maximum absolute atomic E-state index is 13.1. The lowest BCUT2D eigenvalue weighted by Crippen LogP contribution is -2.31. The number of benzene rings is 1. The predicted octanol–water partition coefficient (Wildman–Crippen LogP) is 3.34. The van der Waals surface area contributed by atoms with Gasteiger partial charge in [0.1, 0.15) is 5.82 Å². The summed E-state index contributed by atoms with van der Waals surface area (Å²) in [5, 5.41) is 5.05. The van der Waals surface area contributed by atoms with Crippen molar-refractivity contribution in [1.82, 2.24) is 14.7 Å². The summed E-state index contributed by atoms with van der Waals surface area (Å²) in [4.78, 5) is 17.7. The van der Waals surface area contributed by atoms with Crippen molar-refractivity contribution in [2.75, 3.05) is 0 Å². The van der Waals surface area contributed by atoms with E-state index in [9.17, 15) is 9.18 Å². The summed E-state index contributed by atoms with van der Waals surface area (Å²) in [6.45, 7) is 0. The van der Waals surface area contributed by atoms with E-state index in [1.807, 2.05) is 22.2 Å². The average molecular weight is 329 g/mol. The van der Waals surface area contributed by atoms with E-state index in [1.54, 1.807) is 23.5 Å². The monoisotopic (exact) mass is 329 g/mol. The van der Waals surface area contributed by atoms with Gasteiger partial charge in [-0.2, -0.15) is 0 Å². The lowest BCUT2D eigenvalue weighted by atomic mass is 10.0. The van der Waals surface area contributed by atoms with Crippen LogP contribution < -0.4 is 5.32 Å². The Hall–Kier alpha value is -2.21. The zero-order chi connectivity index (χ0) is 15.8. The highest BCUT2D eigenvalue weighted by Crippen LogP contribution is 2.41. The molecule has 118 valence electrons. The summed E-state index contributed by atoms with van der Waals surface area (Å²) < 4.78 is 15.0. The molecule has 1 aliphatic rings. The van der Waals surface area contributed by atoms with Gasteiger partial charge < -0.3 is 5.32 Å². The van der Waals surface area contributed by atoms with Gasteiger partial charge in [-0.15, -0.1) is 11.3 Å². The van der Waals surface area contributed by atoms with Crippen LogP contribution in [0.5, 0.6) is 0 Å². The Morgan fingerprint density at radius 1 is 1.39 bits per heavy atom. The topological polar surface area (TPSA) is 46.4 Å². The molecule has 3 aromatic rings. The van der Waals surface area contributed by atoms with Crippen molar-refractivity contribution in [3.8, 4) is 0 Å². The number of nitrogens with one attached hydrogen (secondary N) is 1. The van der Waals surface area contributed by atoms with E-state index in [1.165, 1.54) is 12.1 Å². The Labute approximate surface area is 137 Å². The maximum Gasteiger partial charge on any atom is 0.226 e. The zero-order valence-corrected chi connectivity index (χ0v) is 13.2. The largest absolute Gasteiger partial charge is 0.349 e. The van der Waals surface area contributed by atoms with Crippen molar-refractivity contribution >= 4 is 22.2 Å². The third-order valence-electron chi connectivity index (χ3n) is 4.12. The molecule has 23 heavy (non-hydrogen) atoms. The van der Waals surface area contributed by atoms with Crippen LogP contribution in [0.2, 0.25) is 0 Å². The van der Waals surface area contributed by atoms with E-state index in [0.717, 1.165) is 29.1 Å². The Bertz CT molecular complexity index is 807. The quantitative estimate of drug-likeness (QED) is 0.780. The maximum atomic E-state index is 13.1. The molecule has 1 atom stereocenters. The second-order valence-corrected chi connectivity index (χ2v) is 6.81. The van der Waals surface area contributed by atoms with Gasteiger partial charge in [-0.3, -0.25) is 9.20 Å². The first-order valence-electron chi connectivity index (χ1n) is 7.65. The van der Waals surface area contributed by atoms with E-state index < -0.39 is 0 Å². The molecule has 6 heteroatoms. The van der Waals surface area contributed by atoms with Gasteiger partial charge in [-0.05, 0) is 36.5 Å². The Morgan fingerprint density at radius 2 is 2.17 bits per heavy atom. The summed E-state index contributed by atoms with van der Waals surface area (Å²) in [6.07, 6.45) is 6.28. The molecule has 0 aliphatic heterocycles. The van der Waals surface area contributed by atoms with Gasteiger partial charge in [0, 0.05) is 17.8 Å². The Kier molecular flexibility index (Phi) is 3.61. The number of amides is 1. The van der Waals surface area contributed by atoms with Crippen LogP contribution in [0.3, 0.4) is 0 Å². The number of hydrogen-bond donors (Lipinski definition) is 1. The molecule has 2 heterocycles. The van der Waals surface area contributed by atoms with Crippen molar-refractivity contribution < 1.29 is 9.18 Å². The molecular weight excluding hydrogens is 313 g/mol. The smallest absolute Gasteiger partial charge is 0.226 e. The third-order valence-corrected chi connectivity index (χ3v) is 4.89. The van der Waals surface area contributed by atoms with Crippen LogP contribution in [-0.2, 0) is 11.2 Å². The second kappa shape index (κ2) is 5.77. The molecule has 0 spiro atoms. The lowest BCUT2D eigenvalue weighted by Gasteiger charge is -2.18. The molecule has 1 N–H and O–H groups in total. The van der Waals surface area contributed by atoms with Crippen molar-refractivity contribution in [2.24, 2.45) is 5.92 Å².